The quantitative estimate of drug-likeness (QED) is 0.717. The van der Waals surface area contributed by atoms with Crippen LogP contribution in [-0.4, -0.2) is 74.2 Å². The van der Waals surface area contributed by atoms with Gasteiger partial charge in [-0.05, 0) is 19.1 Å². The molecule has 2 aromatic rings. The van der Waals surface area contributed by atoms with Crippen LogP contribution in [0.2, 0.25) is 0 Å². The fraction of sp³-hybridized carbons (Fsp3) is 0.526. The highest BCUT2D eigenvalue weighted by atomic mass is 32.2. The second-order valence-electron chi connectivity index (χ2n) is 7.43. The average Bonchev–Trinajstić information content (AvgIpc) is 3.35. The van der Waals surface area contributed by atoms with E-state index in [1.54, 1.807) is 29.5 Å². The van der Waals surface area contributed by atoms with E-state index in [2.05, 4.69) is 15.3 Å². The van der Waals surface area contributed by atoms with Crippen LogP contribution in [0.15, 0.2) is 28.5 Å². The summed E-state index contributed by atoms with van der Waals surface area (Å²) >= 11 is 1.63. The number of fused-ring (bicyclic) bond motifs is 2. The van der Waals surface area contributed by atoms with Crippen molar-refractivity contribution in [3.63, 3.8) is 0 Å². The molecule has 10 heteroatoms. The number of morpholine rings is 1. The maximum Gasteiger partial charge on any atom is 0.243 e. The first-order valence-corrected chi connectivity index (χ1v) is 12.0. The van der Waals surface area contributed by atoms with Gasteiger partial charge in [0.1, 0.15) is 13.2 Å². The van der Waals surface area contributed by atoms with Gasteiger partial charge >= 0.3 is 0 Å². The van der Waals surface area contributed by atoms with Crippen LogP contribution < -0.4 is 9.47 Å². The predicted molar refractivity (Wildman–Crippen MR) is 107 cm³/mol. The van der Waals surface area contributed by atoms with Gasteiger partial charge in [0.05, 0.1) is 34.3 Å². The Balaban J connectivity index is 1.35. The Kier molecular flexibility index (Phi) is 4.99. The third kappa shape index (κ3) is 3.64. The van der Waals surface area contributed by atoms with E-state index in [-0.39, 0.29) is 17.0 Å². The molecular weight excluding hydrogens is 414 g/mol. The average molecular weight is 438 g/mol. The molecule has 0 radical (unpaired) electrons. The molecule has 2 atom stereocenters. The molecule has 1 aromatic carbocycles. The van der Waals surface area contributed by atoms with E-state index in [0.717, 1.165) is 17.2 Å². The van der Waals surface area contributed by atoms with Crippen LogP contribution >= 0.6 is 11.3 Å². The Morgan fingerprint density at radius 2 is 2.00 bits per heavy atom. The number of benzene rings is 1. The third-order valence-electron chi connectivity index (χ3n) is 5.57. The minimum atomic E-state index is -3.65. The Morgan fingerprint density at radius 3 is 2.79 bits per heavy atom. The Labute approximate surface area is 174 Å². The molecule has 0 bridgehead atoms. The first kappa shape index (κ1) is 19.3. The van der Waals surface area contributed by atoms with Gasteiger partial charge in [-0.3, -0.25) is 4.90 Å². The SMILES string of the molecule is Cc1nc(CN2CCO[C@H]3CN(S(=O)(=O)c4ccc5c(c4)OCCO5)C[C@@H]32)cs1. The van der Waals surface area contributed by atoms with Crippen molar-refractivity contribution in [1.82, 2.24) is 14.2 Å². The number of hydrogen-bond donors (Lipinski definition) is 0. The molecule has 8 nitrogen and oxygen atoms in total. The molecule has 0 unspecified atom stereocenters. The molecule has 156 valence electrons. The summed E-state index contributed by atoms with van der Waals surface area (Å²) in [5, 5.41) is 3.11. The lowest BCUT2D eigenvalue weighted by molar-refractivity contribution is -0.0505. The maximum atomic E-state index is 13.3. The molecule has 1 aromatic heterocycles. The molecule has 2 fully saturated rings. The lowest BCUT2D eigenvalue weighted by Gasteiger charge is -2.36. The molecule has 0 saturated carbocycles. The number of rotatable bonds is 4. The summed E-state index contributed by atoms with van der Waals surface area (Å²) in [7, 11) is -3.65. The molecule has 3 aliphatic rings. The van der Waals surface area contributed by atoms with Crippen molar-refractivity contribution in [1.29, 1.82) is 0 Å². The molecule has 5 rings (SSSR count). The highest BCUT2D eigenvalue weighted by molar-refractivity contribution is 7.89. The number of sulfonamides is 1. The number of aromatic nitrogens is 1. The minimum Gasteiger partial charge on any atom is -0.486 e. The zero-order valence-corrected chi connectivity index (χ0v) is 17.7. The van der Waals surface area contributed by atoms with Crippen molar-refractivity contribution >= 4 is 21.4 Å². The molecule has 29 heavy (non-hydrogen) atoms. The van der Waals surface area contributed by atoms with Gasteiger partial charge in [0.15, 0.2) is 11.5 Å². The van der Waals surface area contributed by atoms with Crippen LogP contribution in [-0.2, 0) is 21.3 Å². The van der Waals surface area contributed by atoms with Gasteiger partial charge in [-0.25, -0.2) is 13.4 Å². The second kappa shape index (κ2) is 7.51. The minimum absolute atomic E-state index is 0.0257. The Bertz CT molecular complexity index is 1010. The van der Waals surface area contributed by atoms with Crippen molar-refractivity contribution in [2.24, 2.45) is 0 Å². The van der Waals surface area contributed by atoms with Crippen molar-refractivity contribution in [2.75, 3.05) is 39.5 Å². The summed E-state index contributed by atoms with van der Waals surface area (Å²) in [6.07, 6.45) is -0.129. The van der Waals surface area contributed by atoms with E-state index in [1.165, 1.54) is 4.31 Å². The summed E-state index contributed by atoms with van der Waals surface area (Å²) in [5.41, 5.74) is 1.03. The van der Waals surface area contributed by atoms with Gasteiger partial charge in [-0.1, -0.05) is 0 Å². The summed E-state index contributed by atoms with van der Waals surface area (Å²) in [6, 6.07) is 4.83. The van der Waals surface area contributed by atoms with Crippen LogP contribution in [0.5, 0.6) is 11.5 Å². The molecule has 4 heterocycles. The van der Waals surface area contributed by atoms with E-state index in [0.29, 0.717) is 51.0 Å². The van der Waals surface area contributed by atoms with Gasteiger partial charge in [-0.2, -0.15) is 4.31 Å². The molecule has 3 aliphatic heterocycles. The van der Waals surface area contributed by atoms with Crippen LogP contribution in [0.3, 0.4) is 0 Å². The number of hydrogen-bond acceptors (Lipinski definition) is 8. The largest absolute Gasteiger partial charge is 0.486 e. The predicted octanol–water partition coefficient (Wildman–Crippen LogP) is 1.50. The lowest BCUT2D eigenvalue weighted by atomic mass is 10.1. The fourth-order valence-corrected chi connectivity index (χ4v) is 6.23. The van der Waals surface area contributed by atoms with Crippen molar-refractivity contribution in [2.45, 2.75) is 30.5 Å². The van der Waals surface area contributed by atoms with Gasteiger partial charge in [0.25, 0.3) is 0 Å². The number of thiazole rings is 1. The zero-order valence-electron chi connectivity index (χ0n) is 16.1. The normalized spacial score (nSPS) is 25.1. The molecule has 0 N–H and O–H groups in total. The highest BCUT2D eigenvalue weighted by Gasteiger charge is 2.44. The smallest absolute Gasteiger partial charge is 0.243 e. The summed E-state index contributed by atoms with van der Waals surface area (Å²) in [4.78, 5) is 7.07. The van der Waals surface area contributed by atoms with Crippen molar-refractivity contribution < 1.29 is 22.6 Å². The Morgan fingerprint density at radius 1 is 1.17 bits per heavy atom. The third-order valence-corrected chi connectivity index (χ3v) is 8.22. The van der Waals surface area contributed by atoms with Crippen molar-refractivity contribution in [3.8, 4) is 11.5 Å². The first-order chi connectivity index (χ1) is 14.0. The van der Waals surface area contributed by atoms with E-state index < -0.39 is 10.0 Å². The summed E-state index contributed by atoms with van der Waals surface area (Å²) in [5.74, 6) is 1.06. The van der Waals surface area contributed by atoms with E-state index in [9.17, 15) is 8.42 Å². The van der Waals surface area contributed by atoms with Crippen LogP contribution in [0.1, 0.15) is 10.7 Å². The zero-order chi connectivity index (χ0) is 20.0. The summed E-state index contributed by atoms with van der Waals surface area (Å²) < 4.78 is 45.1. The number of nitrogens with zero attached hydrogens (tertiary/aromatic N) is 3. The van der Waals surface area contributed by atoms with Crippen LogP contribution in [0.4, 0.5) is 0 Å². The summed E-state index contributed by atoms with van der Waals surface area (Å²) in [6.45, 7) is 5.74. The highest BCUT2D eigenvalue weighted by Crippen LogP contribution is 2.35. The van der Waals surface area contributed by atoms with Crippen molar-refractivity contribution in [3.05, 3.63) is 34.3 Å². The molecule has 2 saturated heterocycles. The van der Waals surface area contributed by atoms with E-state index in [4.69, 9.17) is 14.2 Å². The number of aryl methyl sites for hydroxylation is 1. The number of ether oxygens (including phenoxy) is 3. The van der Waals surface area contributed by atoms with Gasteiger partial charge in [0.2, 0.25) is 10.0 Å². The second-order valence-corrected chi connectivity index (χ2v) is 10.4. The monoisotopic (exact) mass is 437 g/mol. The molecular formula is C19H23N3O5S2. The van der Waals surface area contributed by atoms with Gasteiger partial charge < -0.3 is 14.2 Å². The van der Waals surface area contributed by atoms with Crippen LogP contribution in [0, 0.1) is 6.92 Å². The standard InChI is InChI=1S/C19H23N3O5S2/c1-13-20-14(12-28-13)9-21-4-5-25-19-11-22(10-16(19)21)29(23,24)15-2-3-17-18(8-15)27-7-6-26-17/h2-3,8,12,16,19H,4-7,9-11H2,1H3/t16-,19-/m0/s1. The Hall–Kier alpha value is -1.72. The van der Waals surface area contributed by atoms with Crippen LogP contribution in [0.25, 0.3) is 0 Å². The van der Waals surface area contributed by atoms with E-state index in [1.807, 2.05) is 6.92 Å². The lowest BCUT2D eigenvalue weighted by Crippen LogP contribution is -2.50. The molecule has 0 spiro atoms. The van der Waals surface area contributed by atoms with Gasteiger partial charge in [0, 0.05) is 37.6 Å². The first-order valence-electron chi connectivity index (χ1n) is 9.67. The topological polar surface area (TPSA) is 81.2 Å². The fourth-order valence-electron chi connectivity index (χ4n) is 4.14. The van der Waals surface area contributed by atoms with E-state index >= 15 is 0 Å². The molecule has 0 aliphatic carbocycles. The maximum absolute atomic E-state index is 13.3. The van der Waals surface area contributed by atoms with Gasteiger partial charge in [-0.15, -0.1) is 11.3 Å². The molecule has 0 amide bonds.